The summed E-state index contributed by atoms with van der Waals surface area (Å²) in [6.45, 7) is 1.68. The van der Waals surface area contributed by atoms with Gasteiger partial charge in [-0.15, -0.1) is 0 Å². The second kappa shape index (κ2) is 5.13. The van der Waals surface area contributed by atoms with Gasteiger partial charge < -0.3 is 10.1 Å². The number of ether oxygens (including phenoxy) is 1. The van der Waals surface area contributed by atoms with Gasteiger partial charge in [-0.1, -0.05) is 41.9 Å². The summed E-state index contributed by atoms with van der Waals surface area (Å²) in [7, 11) is 0. The van der Waals surface area contributed by atoms with Crippen LogP contribution in [0, 0.1) is 0 Å². The minimum atomic E-state index is 0.150. The maximum atomic E-state index is 6.32. The normalized spacial score (nSPS) is 23.2. The highest BCUT2D eigenvalue weighted by atomic mass is 35.5. The Morgan fingerprint density at radius 1 is 1.05 bits per heavy atom. The summed E-state index contributed by atoms with van der Waals surface area (Å²) >= 11 is 6.32. The van der Waals surface area contributed by atoms with Crippen molar-refractivity contribution in [1.82, 2.24) is 5.32 Å². The zero-order valence-corrected chi connectivity index (χ0v) is 12.6. The quantitative estimate of drug-likeness (QED) is 0.897. The van der Waals surface area contributed by atoms with Crippen LogP contribution in [-0.4, -0.2) is 18.8 Å². The van der Waals surface area contributed by atoms with Gasteiger partial charge in [-0.2, -0.15) is 0 Å². The van der Waals surface area contributed by atoms with Crippen molar-refractivity contribution in [2.24, 2.45) is 0 Å². The fraction of sp³-hybridized carbons (Fsp3) is 0.333. The predicted molar refractivity (Wildman–Crippen MR) is 85.5 cm³/mol. The van der Waals surface area contributed by atoms with Crippen molar-refractivity contribution in [3.63, 3.8) is 0 Å². The molecule has 2 aliphatic rings. The Kier molecular flexibility index (Phi) is 3.26. The van der Waals surface area contributed by atoms with E-state index in [0.29, 0.717) is 0 Å². The topological polar surface area (TPSA) is 21.3 Å². The Bertz CT molecular complexity index is 642. The third-order valence-electron chi connectivity index (χ3n) is 4.46. The highest BCUT2D eigenvalue weighted by molar-refractivity contribution is 6.31. The largest absolute Gasteiger partial charge is 0.372 e. The number of hydrogen-bond donors (Lipinski definition) is 1. The van der Waals surface area contributed by atoms with Crippen molar-refractivity contribution < 1.29 is 4.74 Å². The van der Waals surface area contributed by atoms with E-state index in [4.69, 9.17) is 16.3 Å². The Labute approximate surface area is 130 Å². The third kappa shape index (κ3) is 2.71. The van der Waals surface area contributed by atoms with Crippen LogP contribution in [0.15, 0.2) is 48.5 Å². The number of rotatable bonds is 2. The van der Waals surface area contributed by atoms with E-state index in [2.05, 4.69) is 35.6 Å². The molecule has 2 nitrogen and oxygen atoms in total. The lowest BCUT2D eigenvalue weighted by Crippen LogP contribution is -2.42. The summed E-state index contributed by atoms with van der Waals surface area (Å²) in [5, 5.41) is 4.39. The molecule has 1 unspecified atom stereocenters. The number of nitrogens with one attached hydrogen (secondary N) is 1. The lowest BCUT2D eigenvalue weighted by molar-refractivity contribution is -0.0150. The minimum Gasteiger partial charge on any atom is -0.372 e. The first-order valence-corrected chi connectivity index (χ1v) is 7.85. The van der Waals surface area contributed by atoms with Gasteiger partial charge in [0, 0.05) is 11.6 Å². The van der Waals surface area contributed by atoms with E-state index in [0.717, 1.165) is 23.7 Å². The summed E-state index contributed by atoms with van der Waals surface area (Å²) in [6.07, 6.45) is 2.38. The van der Waals surface area contributed by atoms with Crippen molar-refractivity contribution in [2.45, 2.75) is 24.5 Å². The van der Waals surface area contributed by atoms with E-state index >= 15 is 0 Å². The van der Waals surface area contributed by atoms with Gasteiger partial charge >= 0.3 is 0 Å². The van der Waals surface area contributed by atoms with E-state index in [1.54, 1.807) is 0 Å². The Morgan fingerprint density at radius 3 is 2.52 bits per heavy atom. The SMILES string of the molecule is Clc1cc(-c2ccccc2)cc(C2COC3(CC3)CN2)c1. The number of benzene rings is 2. The summed E-state index contributed by atoms with van der Waals surface area (Å²) in [5.74, 6) is 0. The molecular formula is C18H18ClNO. The number of halogens is 1. The maximum absolute atomic E-state index is 6.32. The average molecular weight is 300 g/mol. The molecule has 2 aromatic carbocycles. The van der Waals surface area contributed by atoms with Gasteiger partial charge in [-0.05, 0) is 47.7 Å². The van der Waals surface area contributed by atoms with E-state index in [-0.39, 0.29) is 11.6 Å². The van der Waals surface area contributed by atoms with Crippen molar-refractivity contribution in [3.8, 4) is 11.1 Å². The van der Waals surface area contributed by atoms with Gasteiger partial charge in [-0.25, -0.2) is 0 Å². The van der Waals surface area contributed by atoms with Crippen LogP contribution < -0.4 is 5.32 Å². The zero-order chi connectivity index (χ0) is 14.3. The van der Waals surface area contributed by atoms with Crippen LogP contribution in [0.3, 0.4) is 0 Å². The summed E-state index contributed by atoms with van der Waals surface area (Å²) in [6, 6.07) is 16.9. The molecule has 1 aliphatic carbocycles. The first-order chi connectivity index (χ1) is 10.2. The van der Waals surface area contributed by atoms with Crippen LogP contribution in [-0.2, 0) is 4.74 Å². The lowest BCUT2D eigenvalue weighted by atomic mass is 9.99. The molecule has 2 fully saturated rings. The van der Waals surface area contributed by atoms with E-state index in [9.17, 15) is 0 Å². The van der Waals surface area contributed by atoms with Crippen LogP contribution in [0.1, 0.15) is 24.4 Å². The molecule has 0 radical (unpaired) electrons. The summed E-state index contributed by atoms with van der Waals surface area (Å²) in [4.78, 5) is 0. The molecule has 1 atom stereocenters. The molecule has 1 saturated carbocycles. The third-order valence-corrected chi connectivity index (χ3v) is 4.68. The smallest absolute Gasteiger partial charge is 0.0809 e. The highest BCUT2D eigenvalue weighted by Gasteiger charge is 2.46. The molecule has 1 N–H and O–H groups in total. The first kappa shape index (κ1) is 13.3. The molecule has 0 aromatic heterocycles. The van der Waals surface area contributed by atoms with E-state index < -0.39 is 0 Å². The van der Waals surface area contributed by atoms with Crippen molar-refractivity contribution in [3.05, 3.63) is 59.1 Å². The highest BCUT2D eigenvalue weighted by Crippen LogP contribution is 2.42. The molecule has 1 heterocycles. The van der Waals surface area contributed by atoms with Gasteiger partial charge in [0.2, 0.25) is 0 Å². The molecule has 108 valence electrons. The molecule has 2 aromatic rings. The van der Waals surface area contributed by atoms with E-state index in [1.807, 2.05) is 18.2 Å². The standard InChI is InChI=1S/C18H18ClNO/c19-16-9-14(13-4-2-1-3-5-13)8-15(10-16)17-11-21-18(6-7-18)12-20-17/h1-5,8-10,17,20H,6-7,11-12H2. The van der Waals surface area contributed by atoms with Gasteiger partial charge in [0.1, 0.15) is 0 Å². The molecule has 1 aliphatic heterocycles. The number of morpholine rings is 1. The van der Waals surface area contributed by atoms with Crippen LogP contribution in [0.2, 0.25) is 5.02 Å². The van der Waals surface area contributed by atoms with Gasteiger partial charge in [0.25, 0.3) is 0 Å². The summed E-state index contributed by atoms with van der Waals surface area (Å²) in [5.41, 5.74) is 3.71. The first-order valence-electron chi connectivity index (χ1n) is 7.47. The van der Waals surface area contributed by atoms with Crippen molar-refractivity contribution in [1.29, 1.82) is 0 Å². The molecule has 4 rings (SSSR count). The fourth-order valence-corrected chi connectivity index (χ4v) is 3.21. The molecule has 0 amide bonds. The number of hydrogen-bond acceptors (Lipinski definition) is 2. The zero-order valence-electron chi connectivity index (χ0n) is 11.8. The van der Waals surface area contributed by atoms with Gasteiger partial charge in [0.05, 0.1) is 18.2 Å². The molecule has 21 heavy (non-hydrogen) atoms. The Hall–Kier alpha value is -1.35. The summed E-state index contributed by atoms with van der Waals surface area (Å²) < 4.78 is 6.02. The molecular weight excluding hydrogens is 282 g/mol. The second-order valence-corrected chi connectivity index (χ2v) is 6.50. The Morgan fingerprint density at radius 2 is 1.86 bits per heavy atom. The van der Waals surface area contributed by atoms with Crippen LogP contribution in [0.5, 0.6) is 0 Å². The second-order valence-electron chi connectivity index (χ2n) is 6.07. The average Bonchev–Trinajstić information content (AvgIpc) is 3.27. The molecule has 3 heteroatoms. The van der Waals surface area contributed by atoms with Crippen LogP contribution >= 0.6 is 11.6 Å². The minimum absolute atomic E-state index is 0.150. The van der Waals surface area contributed by atoms with Crippen LogP contribution in [0.4, 0.5) is 0 Å². The monoisotopic (exact) mass is 299 g/mol. The van der Waals surface area contributed by atoms with Crippen molar-refractivity contribution >= 4 is 11.6 Å². The molecule has 1 saturated heterocycles. The molecule has 0 bridgehead atoms. The molecule has 1 spiro atoms. The van der Waals surface area contributed by atoms with Gasteiger partial charge in [-0.3, -0.25) is 0 Å². The fourth-order valence-electron chi connectivity index (χ4n) is 2.96. The Balaban J connectivity index is 1.62. The van der Waals surface area contributed by atoms with E-state index in [1.165, 1.54) is 24.0 Å². The maximum Gasteiger partial charge on any atom is 0.0809 e. The lowest BCUT2D eigenvalue weighted by Gasteiger charge is -2.31. The predicted octanol–water partition coefficient (Wildman–Crippen LogP) is 4.20. The van der Waals surface area contributed by atoms with Crippen LogP contribution in [0.25, 0.3) is 11.1 Å². The van der Waals surface area contributed by atoms with Gasteiger partial charge in [0.15, 0.2) is 0 Å². The van der Waals surface area contributed by atoms with Crippen molar-refractivity contribution in [2.75, 3.05) is 13.2 Å².